The number of aliphatic hydroxyl groups is 1. The van der Waals surface area contributed by atoms with E-state index in [2.05, 4.69) is 24.9 Å². The first-order valence-corrected chi connectivity index (χ1v) is 27.5. The van der Waals surface area contributed by atoms with Crippen molar-refractivity contribution in [1.82, 2.24) is 38.6 Å². The average Bonchev–Trinajstić information content (AvgIpc) is 4.07. The Hall–Kier alpha value is -3.86. The molecule has 7 heterocycles. The zero-order valence-corrected chi connectivity index (χ0v) is 43.6. The van der Waals surface area contributed by atoms with Crippen molar-refractivity contribution in [3.63, 3.8) is 0 Å². The molecule has 14 atom stereocenters. The molecule has 3 aliphatic heterocycles. The summed E-state index contributed by atoms with van der Waals surface area (Å²) in [5.74, 6) is -0.275. The Kier molecular flexibility index (Phi) is 19.0. The van der Waals surface area contributed by atoms with Crippen LogP contribution in [-0.2, 0) is 89.3 Å². The molecular weight excluding hydrogens is 1050 g/mol. The molecule has 0 aliphatic carbocycles. The second-order valence-corrected chi connectivity index (χ2v) is 22.1. The maximum Gasteiger partial charge on any atom is 0.351 e. The van der Waals surface area contributed by atoms with Crippen LogP contribution in [0.4, 0.5) is 17.6 Å². The van der Waals surface area contributed by atoms with Gasteiger partial charge >= 0.3 is 11.4 Å². The number of aromatic amines is 1. The van der Waals surface area contributed by atoms with Crippen molar-refractivity contribution >= 4 is 66.3 Å². The van der Waals surface area contributed by atoms with Crippen molar-refractivity contribution in [3.8, 4) is 0 Å². The van der Waals surface area contributed by atoms with E-state index < -0.39 is 117 Å². The molecule has 4 aromatic heterocycles. The second-order valence-electron chi connectivity index (χ2n) is 16.7. The number of nitrogens with zero attached hydrogens (tertiary/aromatic N) is 7. The number of nitrogen functional groups attached to an aromatic ring is 3. The van der Waals surface area contributed by atoms with E-state index in [4.69, 9.17) is 102 Å². The molecule has 30 nitrogen and oxygen atoms in total. The van der Waals surface area contributed by atoms with E-state index in [0.717, 1.165) is 9.13 Å². The summed E-state index contributed by atoms with van der Waals surface area (Å²) in [5.41, 5.74) is 16.1. The number of imidazole rings is 1. The highest BCUT2D eigenvalue weighted by Gasteiger charge is 2.52. The Labute approximate surface area is 425 Å². The smallest absolute Gasteiger partial charge is 0.351 e. The summed E-state index contributed by atoms with van der Waals surface area (Å²) in [4.78, 5) is 71.8. The lowest BCUT2D eigenvalue weighted by molar-refractivity contribution is -0.218. The lowest BCUT2D eigenvalue weighted by Gasteiger charge is -2.36. The highest BCUT2D eigenvalue weighted by Crippen LogP contribution is 2.53. The molecule has 0 aromatic carbocycles. The lowest BCUT2D eigenvalue weighted by Crippen LogP contribution is -2.41. The fourth-order valence-electron chi connectivity index (χ4n) is 8.12. The molecule has 3 fully saturated rings. The summed E-state index contributed by atoms with van der Waals surface area (Å²) in [5, 5.41) is 11.5. The van der Waals surface area contributed by atoms with Gasteiger partial charge in [0.15, 0.2) is 36.6 Å². The molecule has 8 N–H and O–H groups in total. The van der Waals surface area contributed by atoms with Crippen molar-refractivity contribution in [3.05, 3.63) is 61.2 Å². The van der Waals surface area contributed by atoms with E-state index in [-0.39, 0.29) is 68.4 Å². The third-order valence-corrected chi connectivity index (χ3v) is 14.8. The first kappa shape index (κ1) is 56.9. The number of nitrogens with one attached hydrogen (secondary N) is 1. The van der Waals surface area contributed by atoms with Crippen molar-refractivity contribution in [2.75, 3.05) is 91.4 Å². The lowest BCUT2D eigenvalue weighted by atomic mass is 10.1. The van der Waals surface area contributed by atoms with Gasteiger partial charge in [0.1, 0.15) is 67.2 Å². The van der Waals surface area contributed by atoms with Crippen LogP contribution in [0.15, 0.2) is 33.1 Å². The molecule has 34 heteroatoms. The first-order chi connectivity index (χ1) is 34.7. The highest BCUT2D eigenvalue weighted by molar-refractivity contribution is 8.32. The largest absolute Gasteiger partial charge is 0.780 e. The molecule has 5 unspecified atom stereocenters. The Morgan fingerprint density at radius 1 is 0.740 bits per heavy atom. The highest BCUT2D eigenvalue weighted by atomic mass is 32.7. The van der Waals surface area contributed by atoms with E-state index in [0.29, 0.717) is 11.1 Å². The van der Waals surface area contributed by atoms with Crippen LogP contribution in [0.1, 0.15) is 36.7 Å². The van der Waals surface area contributed by atoms with Crippen LogP contribution < -0.4 is 39.0 Å². The minimum absolute atomic E-state index is 0.00323. The normalized spacial score (nSPS) is 29.0. The fourth-order valence-corrected chi connectivity index (χ4v) is 11.0. The van der Waals surface area contributed by atoms with Gasteiger partial charge in [-0.2, -0.15) is 15.0 Å². The maximum atomic E-state index is 14.4. The Morgan fingerprint density at radius 3 is 1.82 bits per heavy atom. The van der Waals surface area contributed by atoms with E-state index >= 15 is 0 Å². The average molecular weight is 1110 g/mol. The van der Waals surface area contributed by atoms with Gasteiger partial charge in [-0.3, -0.25) is 28.0 Å². The molecule has 3 saturated heterocycles. The van der Waals surface area contributed by atoms with Crippen molar-refractivity contribution in [2.24, 2.45) is 0 Å². The zero-order chi connectivity index (χ0) is 52.9. The summed E-state index contributed by atoms with van der Waals surface area (Å²) in [6.45, 7) is -5.95. The van der Waals surface area contributed by atoms with Crippen LogP contribution in [0, 0.1) is 13.8 Å². The van der Waals surface area contributed by atoms with E-state index in [1.165, 1.54) is 44.6 Å². The van der Waals surface area contributed by atoms with Gasteiger partial charge in [-0.15, -0.1) is 0 Å². The van der Waals surface area contributed by atoms with Gasteiger partial charge in [0.25, 0.3) is 5.56 Å². The predicted octanol–water partition coefficient (Wildman–Crippen LogP) is -1.79. The number of fused-ring (bicyclic) bond motifs is 1. The van der Waals surface area contributed by atoms with Crippen molar-refractivity contribution in [1.29, 1.82) is 0 Å². The van der Waals surface area contributed by atoms with Crippen LogP contribution in [0.25, 0.3) is 11.2 Å². The van der Waals surface area contributed by atoms with Gasteiger partial charge in [0.2, 0.25) is 5.95 Å². The number of aryl methyl sites for hydroxylation is 2. The number of anilines is 3. The minimum Gasteiger partial charge on any atom is -0.780 e. The predicted molar refractivity (Wildman–Crippen MR) is 257 cm³/mol. The number of ether oxygens (including phenoxy) is 9. The van der Waals surface area contributed by atoms with Crippen LogP contribution in [-0.4, -0.2) is 173 Å². The fraction of sp³-hybridized carbons (Fsp3) is 0.667. The van der Waals surface area contributed by atoms with Gasteiger partial charge in [-0.1, -0.05) is 11.8 Å². The summed E-state index contributed by atoms with van der Waals surface area (Å²) >= 11 is 10.9. The van der Waals surface area contributed by atoms with E-state index in [1.54, 1.807) is 20.8 Å². The molecule has 406 valence electrons. The van der Waals surface area contributed by atoms with E-state index in [9.17, 15) is 28.9 Å². The van der Waals surface area contributed by atoms with Crippen LogP contribution in [0.2, 0.25) is 0 Å². The van der Waals surface area contributed by atoms with Crippen molar-refractivity contribution in [2.45, 2.75) is 94.4 Å². The number of aromatic nitrogens is 8. The molecule has 0 radical (unpaired) electrons. The molecular formula is C39H57N11O19P2S2-2. The van der Waals surface area contributed by atoms with Gasteiger partial charge in [-0.05, 0) is 20.8 Å². The van der Waals surface area contributed by atoms with Crippen LogP contribution >= 0.6 is 13.5 Å². The number of hydrogen-bond acceptors (Lipinski definition) is 28. The third kappa shape index (κ3) is 13.2. The molecule has 73 heavy (non-hydrogen) atoms. The van der Waals surface area contributed by atoms with Crippen molar-refractivity contribution < 1.29 is 75.3 Å². The number of hydrogen-bond donors (Lipinski definition) is 5. The van der Waals surface area contributed by atoms with Crippen LogP contribution in [0.3, 0.4) is 0 Å². The molecule has 3 aliphatic rings. The Morgan fingerprint density at radius 2 is 1.25 bits per heavy atom. The van der Waals surface area contributed by atoms with Crippen LogP contribution in [0.5, 0.6) is 0 Å². The Balaban J connectivity index is 1.14. The molecule has 0 saturated carbocycles. The standard InChI is InChI=1S/C39H59N11O19P2S2/c1-18-13-48(38(53)44-30(18)40)34-27(60-10-7-57-4)24(51)21(66-34)15-63-71(56,73)69-26-22(67-35(29(26)62-12-9-59-6)49-14-19(2)31(41)45-39(49)54)16-64-70(55,72)68-25-20(3)65-36(28(25)61-11-8-58-5)50-17-43-23-32(50)46-37(42)47-33(23)52/h13-14,17,20-22,24-29,34-36,51H,7-12,15-16H2,1-6H3,(H,55,72)(H,56,73)(H2,40,44,53)(H2,41,45,54)(H3,42,46,47,52)/p-2/t20-,21-,22-,24?,25?,26?,27+,28+,29+,34-,35-,36-,70?,71?/m1/s1. The number of methoxy groups -OCH3 is 3. The number of nitrogens with two attached hydrogens (primary N) is 3. The summed E-state index contributed by atoms with van der Waals surface area (Å²) in [7, 11) is 4.32. The summed E-state index contributed by atoms with van der Waals surface area (Å²) < 4.78 is 93.7. The third-order valence-electron chi connectivity index (χ3n) is 11.7. The minimum atomic E-state index is -4.76. The monoisotopic (exact) mass is 1110 g/mol. The molecule has 4 aromatic rings. The van der Waals surface area contributed by atoms with Gasteiger partial charge < -0.3 is 100 Å². The molecule has 0 bridgehead atoms. The van der Waals surface area contributed by atoms with E-state index in [1.807, 2.05) is 0 Å². The van der Waals surface area contributed by atoms with Gasteiger partial charge in [0.05, 0.1) is 65.3 Å². The SMILES string of the molecule is COCCO[C@H]1C(O)[C@@H](COP(=O)([S-])OC2[C@@H](COP([O-])(=S)OC3[C@@H](C)O[C@@H](n4cnc5c(=O)[nH]c(N)nc54)[C@H]3OCCOC)O[C@@H](n3cc(C)c(N)nc3=O)[C@H]2OCCOC)O[C@H]1n1cc(C)c(N)nc1=O. The maximum absolute atomic E-state index is 14.4. The summed E-state index contributed by atoms with van der Waals surface area (Å²) in [6, 6.07) is 0. The van der Waals surface area contributed by atoms with Gasteiger partial charge in [-0.25, -0.2) is 14.6 Å². The molecule has 0 amide bonds. The molecule has 7 rings (SSSR count). The quantitative estimate of drug-likeness (QED) is 0.0278. The Bertz CT molecular complexity index is 2830. The number of rotatable bonds is 25. The topological polar surface area (TPSA) is 392 Å². The number of aliphatic hydroxyl groups excluding tert-OH is 1. The van der Waals surface area contributed by atoms with Gasteiger partial charge in [0, 0.05) is 44.8 Å². The second kappa shape index (κ2) is 24.4. The first-order valence-electron chi connectivity index (χ1n) is 22.3. The summed E-state index contributed by atoms with van der Waals surface area (Å²) in [6.07, 6.45) is -11.4. The molecule has 0 spiro atoms. The zero-order valence-electron chi connectivity index (χ0n) is 40.2. The number of H-pyrrole nitrogens is 1.